The predicted octanol–water partition coefficient (Wildman–Crippen LogP) is 9.05. The van der Waals surface area contributed by atoms with E-state index in [0.717, 1.165) is 60.3 Å². The van der Waals surface area contributed by atoms with E-state index >= 15 is 0 Å². The quantitative estimate of drug-likeness (QED) is 0.0697. The Bertz CT molecular complexity index is 1350. The van der Waals surface area contributed by atoms with E-state index in [-0.39, 0.29) is 0 Å². The minimum Gasteiger partial charge on any atom is -0.378 e. The zero-order chi connectivity index (χ0) is 31.0. The topological polar surface area (TPSA) is 63.7 Å². The van der Waals surface area contributed by atoms with Crippen LogP contribution in [0.3, 0.4) is 0 Å². The molecule has 0 fully saturated rings. The van der Waals surface area contributed by atoms with Crippen molar-refractivity contribution in [3.05, 3.63) is 97.3 Å². The molecule has 0 atom stereocenters. The number of nitrogens with zero attached hydrogens (tertiary/aromatic N) is 8. The highest BCUT2D eigenvalue weighted by Gasteiger charge is 2.10. The third-order valence-corrected chi connectivity index (χ3v) is 7.65. The van der Waals surface area contributed by atoms with Crippen molar-refractivity contribution in [2.75, 3.05) is 38.0 Å². The van der Waals surface area contributed by atoms with Crippen LogP contribution in [0.15, 0.2) is 118 Å². The van der Waals surface area contributed by atoms with Gasteiger partial charge in [-0.1, -0.05) is 37.8 Å². The highest BCUT2D eigenvalue weighted by Crippen LogP contribution is 2.21. The molecule has 0 spiro atoms. The first-order chi connectivity index (χ1) is 21.5. The monoisotopic (exact) mass is 592 g/mol. The molecule has 2 aromatic carbocycles. The van der Waals surface area contributed by atoms with Gasteiger partial charge in [-0.25, -0.2) is 9.13 Å². The molecule has 0 radical (unpaired) electrons. The summed E-state index contributed by atoms with van der Waals surface area (Å²) < 4.78 is 4.40. The van der Waals surface area contributed by atoms with Gasteiger partial charge in [0.25, 0.3) is 0 Å². The Hall–Kier alpha value is -4.46. The van der Waals surface area contributed by atoms with E-state index in [1.54, 1.807) is 0 Å². The van der Waals surface area contributed by atoms with E-state index in [9.17, 15) is 0 Å². The summed E-state index contributed by atoms with van der Waals surface area (Å²) in [5, 5.41) is 18.0. The number of hydrogen-bond donors (Lipinski definition) is 0. The Morgan fingerprint density at radius 1 is 0.432 bits per heavy atom. The maximum atomic E-state index is 4.53. The van der Waals surface area contributed by atoms with Crippen LogP contribution in [0.1, 0.15) is 51.4 Å². The smallest absolute Gasteiger partial charge is 0.350 e. The summed E-state index contributed by atoms with van der Waals surface area (Å²) in [6, 6.07) is 28.5. The summed E-state index contributed by atoms with van der Waals surface area (Å²) in [6.45, 7) is 1.92. The fourth-order valence-corrected chi connectivity index (χ4v) is 4.97. The molecule has 0 aliphatic carbocycles. The largest absolute Gasteiger partial charge is 0.378 e. The fraction of sp³-hybridized carbons (Fsp3) is 0.389. The average Bonchev–Trinajstić information content (AvgIpc) is 3.05. The lowest BCUT2D eigenvalue weighted by molar-refractivity contribution is -0.685. The number of rotatable bonds is 17. The van der Waals surface area contributed by atoms with Crippen molar-refractivity contribution in [2.45, 2.75) is 64.5 Å². The van der Waals surface area contributed by atoms with Crippen LogP contribution in [-0.4, -0.2) is 28.2 Å². The van der Waals surface area contributed by atoms with Crippen molar-refractivity contribution < 1.29 is 9.13 Å². The zero-order valence-corrected chi connectivity index (χ0v) is 26.9. The van der Waals surface area contributed by atoms with Gasteiger partial charge in [0.15, 0.2) is 0 Å². The molecular weight excluding hydrogens is 544 g/mol. The molecule has 0 saturated carbocycles. The van der Waals surface area contributed by atoms with E-state index < -0.39 is 0 Å². The first-order valence-corrected chi connectivity index (χ1v) is 15.8. The lowest BCUT2D eigenvalue weighted by atomic mass is 10.1. The number of anilines is 2. The van der Waals surface area contributed by atoms with Crippen LogP contribution >= 0.6 is 0 Å². The number of aryl methyl sites for hydroxylation is 2. The lowest BCUT2D eigenvalue weighted by Gasteiger charge is -2.11. The van der Waals surface area contributed by atoms with Gasteiger partial charge in [0.2, 0.25) is 0 Å². The third kappa shape index (κ3) is 10.7. The van der Waals surface area contributed by atoms with Crippen LogP contribution in [0.5, 0.6) is 0 Å². The molecule has 2 aromatic heterocycles. The Balaban J connectivity index is 1.10. The molecule has 0 amide bonds. The van der Waals surface area contributed by atoms with Crippen molar-refractivity contribution in [3.8, 4) is 0 Å². The predicted molar refractivity (Wildman–Crippen MR) is 180 cm³/mol. The number of aromatic nitrogens is 2. The lowest BCUT2D eigenvalue weighted by Crippen LogP contribution is -2.33. The van der Waals surface area contributed by atoms with Gasteiger partial charge in [0, 0.05) is 51.7 Å². The molecule has 4 rings (SSSR count). The van der Waals surface area contributed by atoms with Crippen molar-refractivity contribution in [2.24, 2.45) is 20.5 Å². The van der Waals surface area contributed by atoms with Crippen molar-refractivity contribution in [1.29, 1.82) is 0 Å². The normalized spacial score (nSPS) is 11.5. The number of azo groups is 2. The highest BCUT2D eigenvalue weighted by atomic mass is 15.2. The molecule has 230 valence electrons. The molecule has 44 heavy (non-hydrogen) atoms. The van der Waals surface area contributed by atoms with Crippen molar-refractivity contribution >= 4 is 34.4 Å². The summed E-state index contributed by atoms with van der Waals surface area (Å²) in [5.41, 5.74) is 4.03. The van der Waals surface area contributed by atoms with E-state index in [4.69, 9.17) is 0 Å². The summed E-state index contributed by atoms with van der Waals surface area (Å²) in [4.78, 5) is 4.16. The number of hydrogen-bond acceptors (Lipinski definition) is 6. The minimum absolute atomic E-state index is 0.862. The van der Waals surface area contributed by atoms with Gasteiger partial charge < -0.3 is 9.80 Å². The van der Waals surface area contributed by atoms with Crippen molar-refractivity contribution in [1.82, 2.24) is 0 Å². The van der Waals surface area contributed by atoms with Crippen LogP contribution in [0, 0.1) is 0 Å². The SMILES string of the molecule is CN(C)c1ccc(/N=N/c2cccc[n+]2CCCCCCCCCC[n+]2ccccc2/N=N/c2ccc(N(C)C)cc2)cc1. The molecule has 0 aliphatic heterocycles. The van der Waals surface area contributed by atoms with E-state index in [1.165, 1.54) is 38.5 Å². The number of unbranched alkanes of at least 4 members (excludes halogenated alkanes) is 7. The van der Waals surface area contributed by atoms with Crippen LogP contribution in [0.25, 0.3) is 0 Å². The molecule has 0 N–H and O–H groups in total. The fourth-order valence-electron chi connectivity index (χ4n) is 4.97. The molecular formula is C36H48N8+2. The first kappa shape index (κ1) is 32.5. The summed E-state index contributed by atoms with van der Waals surface area (Å²) in [5.74, 6) is 1.78. The Kier molecular flexibility index (Phi) is 13.0. The Morgan fingerprint density at radius 3 is 1.16 bits per heavy atom. The summed E-state index contributed by atoms with van der Waals surface area (Å²) >= 11 is 0. The Labute approximate surface area is 263 Å². The first-order valence-electron chi connectivity index (χ1n) is 15.8. The van der Waals surface area contributed by atoms with Gasteiger partial charge >= 0.3 is 11.6 Å². The van der Waals surface area contributed by atoms with E-state index in [0.29, 0.717) is 0 Å². The van der Waals surface area contributed by atoms with Gasteiger partial charge in [-0.15, -0.1) is 0 Å². The maximum absolute atomic E-state index is 4.53. The molecule has 4 aromatic rings. The number of benzene rings is 2. The Morgan fingerprint density at radius 2 is 0.795 bits per heavy atom. The maximum Gasteiger partial charge on any atom is 0.350 e. The molecule has 8 nitrogen and oxygen atoms in total. The van der Waals surface area contributed by atoms with Crippen LogP contribution in [0.2, 0.25) is 0 Å². The van der Waals surface area contributed by atoms with Gasteiger partial charge in [-0.05, 0) is 96.6 Å². The standard InChI is InChI=1S/C36H48N8/c1-41(2)33-23-19-31(20-24-33)37-39-35-17-11-15-29-43(35)27-13-9-7-5-6-8-10-14-28-44-30-16-12-18-36(44)40-38-32-21-25-34(26-22-32)42(3)4/h11-12,15-26,29-30H,5-10,13-14,27-28H2,1-4H3/q+2. The minimum atomic E-state index is 0.862. The van der Waals surface area contributed by atoms with Crippen LogP contribution in [-0.2, 0) is 13.1 Å². The van der Waals surface area contributed by atoms with E-state index in [1.807, 2.05) is 76.7 Å². The molecule has 0 saturated heterocycles. The van der Waals surface area contributed by atoms with Gasteiger partial charge in [-0.3, -0.25) is 0 Å². The third-order valence-electron chi connectivity index (χ3n) is 7.65. The van der Waals surface area contributed by atoms with Crippen molar-refractivity contribution in [3.63, 3.8) is 0 Å². The zero-order valence-electron chi connectivity index (χ0n) is 26.9. The summed E-state index contributed by atoms with van der Waals surface area (Å²) in [7, 11) is 8.14. The highest BCUT2D eigenvalue weighted by molar-refractivity contribution is 5.52. The summed E-state index contributed by atoms with van der Waals surface area (Å²) in [6.07, 6.45) is 14.1. The van der Waals surface area contributed by atoms with Gasteiger partial charge in [0.05, 0.1) is 35.7 Å². The van der Waals surface area contributed by atoms with Crippen LogP contribution in [0.4, 0.5) is 34.4 Å². The second-order valence-corrected chi connectivity index (χ2v) is 11.6. The van der Waals surface area contributed by atoms with Gasteiger partial charge in [0.1, 0.15) is 11.4 Å². The molecule has 0 aliphatic rings. The molecule has 0 unspecified atom stereocenters. The number of pyridine rings is 2. The average molecular weight is 593 g/mol. The molecule has 8 heteroatoms. The second kappa shape index (κ2) is 17.6. The van der Waals surface area contributed by atoms with Gasteiger partial charge in [-0.2, -0.15) is 0 Å². The molecule has 2 heterocycles. The second-order valence-electron chi connectivity index (χ2n) is 11.6. The van der Waals surface area contributed by atoms with E-state index in [2.05, 4.69) is 88.2 Å². The molecule has 0 bridgehead atoms. The van der Waals surface area contributed by atoms with Crippen LogP contribution < -0.4 is 18.9 Å².